The lowest BCUT2D eigenvalue weighted by atomic mass is 9.92. The highest BCUT2D eigenvalue weighted by atomic mass is 16.4. The van der Waals surface area contributed by atoms with Crippen molar-refractivity contribution in [1.82, 2.24) is 0 Å². The minimum absolute atomic E-state index is 0.351. The van der Waals surface area contributed by atoms with E-state index in [0.29, 0.717) is 5.56 Å². The van der Waals surface area contributed by atoms with Gasteiger partial charge in [0.1, 0.15) is 0 Å². The zero-order chi connectivity index (χ0) is 13.1. The number of aryl methyl sites for hydroxylation is 1. The van der Waals surface area contributed by atoms with Crippen LogP contribution in [0.15, 0.2) is 42.5 Å². The maximum Gasteiger partial charge on any atom is 0.335 e. The summed E-state index contributed by atoms with van der Waals surface area (Å²) in [6.07, 6.45) is 0.899. The molecule has 2 nitrogen and oxygen atoms in total. The maximum absolute atomic E-state index is 11.1. The van der Waals surface area contributed by atoms with Gasteiger partial charge in [-0.2, -0.15) is 0 Å². The molecule has 0 amide bonds. The summed E-state index contributed by atoms with van der Waals surface area (Å²) in [4.78, 5) is 11.1. The second-order valence-electron chi connectivity index (χ2n) is 4.34. The summed E-state index contributed by atoms with van der Waals surface area (Å²) in [6, 6.07) is 13.4. The minimum atomic E-state index is -0.877. The second-order valence-corrected chi connectivity index (χ2v) is 4.34. The predicted octanol–water partition coefficient (Wildman–Crippen LogP) is 3.92. The Morgan fingerprint density at radius 3 is 2.39 bits per heavy atom. The molecule has 0 spiro atoms. The topological polar surface area (TPSA) is 37.3 Å². The van der Waals surface area contributed by atoms with Crippen LogP contribution in [0.1, 0.15) is 28.4 Å². The number of aromatic carboxylic acids is 1. The number of benzene rings is 2. The SMILES string of the molecule is CCc1c(C)cc(C(=O)O)cc1-c1ccccc1. The van der Waals surface area contributed by atoms with E-state index in [1.165, 1.54) is 5.56 Å². The smallest absolute Gasteiger partial charge is 0.335 e. The number of carboxylic acid groups (broad SMARTS) is 1. The van der Waals surface area contributed by atoms with E-state index in [9.17, 15) is 4.79 Å². The van der Waals surface area contributed by atoms with Gasteiger partial charge in [-0.3, -0.25) is 0 Å². The van der Waals surface area contributed by atoms with E-state index in [4.69, 9.17) is 5.11 Å². The molecule has 0 fully saturated rings. The molecule has 2 aromatic rings. The van der Waals surface area contributed by atoms with Gasteiger partial charge in [-0.25, -0.2) is 4.79 Å². The van der Waals surface area contributed by atoms with E-state index in [2.05, 4.69) is 6.92 Å². The van der Waals surface area contributed by atoms with Crippen LogP contribution in [0.2, 0.25) is 0 Å². The van der Waals surface area contributed by atoms with Crippen molar-refractivity contribution in [3.8, 4) is 11.1 Å². The number of carbonyl (C=O) groups is 1. The van der Waals surface area contributed by atoms with Crippen LogP contribution in [0.3, 0.4) is 0 Å². The quantitative estimate of drug-likeness (QED) is 0.882. The lowest BCUT2D eigenvalue weighted by molar-refractivity contribution is 0.0697. The van der Waals surface area contributed by atoms with Crippen LogP contribution in [0.25, 0.3) is 11.1 Å². The highest BCUT2D eigenvalue weighted by molar-refractivity contribution is 5.90. The molecular formula is C16H16O2. The Morgan fingerprint density at radius 1 is 1.17 bits per heavy atom. The van der Waals surface area contributed by atoms with Gasteiger partial charge in [-0.1, -0.05) is 37.3 Å². The van der Waals surface area contributed by atoms with Gasteiger partial charge < -0.3 is 5.11 Å². The zero-order valence-corrected chi connectivity index (χ0v) is 10.6. The first-order chi connectivity index (χ1) is 8.63. The molecule has 0 heterocycles. The van der Waals surface area contributed by atoms with E-state index in [1.807, 2.05) is 37.3 Å². The van der Waals surface area contributed by atoms with Gasteiger partial charge in [0.25, 0.3) is 0 Å². The summed E-state index contributed by atoms with van der Waals surface area (Å²) in [6.45, 7) is 4.06. The molecule has 0 aliphatic carbocycles. The largest absolute Gasteiger partial charge is 0.478 e. The van der Waals surface area contributed by atoms with Gasteiger partial charge in [-0.05, 0) is 47.7 Å². The summed E-state index contributed by atoms with van der Waals surface area (Å²) in [5.41, 5.74) is 4.70. The van der Waals surface area contributed by atoms with Gasteiger partial charge in [0, 0.05) is 0 Å². The Morgan fingerprint density at radius 2 is 1.83 bits per heavy atom. The molecule has 2 rings (SSSR count). The lowest BCUT2D eigenvalue weighted by Gasteiger charge is -2.13. The van der Waals surface area contributed by atoms with Gasteiger partial charge in [0.2, 0.25) is 0 Å². The molecule has 0 radical (unpaired) electrons. The minimum Gasteiger partial charge on any atom is -0.478 e. The first kappa shape index (κ1) is 12.4. The predicted molar refractivity (Wildman–Crippen MR) is 73.0 cm³/mol. The van der Waals surface area contributed by atoms with Crippen LogP contribution in [0.4, 0.5) is 0 Å². The molecule has 0 aliphatic heterocycles. The lowest BCUT2D eigenvalue weighted by Crippen LogP contribution is -2.01. The van der Waals surface area contributed by atoms with E-state index < -0.39 is 5.97 Å². The average Bonchev–Trinajstić information content (AvgIpc) is 2.38. The summed E-state index contributed by atoms with van der Waals surface area (Å²) in [5, 5.41) is 9.14. The molecule has 0 aliphatic rings. The fourth-order valence-electron chi connectivity index (χ4n) is 2.29. The Bertz CT molecular complexity index is 571. The van der Waals surface area contributed by atoms with E-state index in [-0.39, 0.29) is 0 Å². The fourth-order valence-corrected chi connectivity index (χ4v) is 2.29. The van der Waals surface area contributed by atoms with Crippen molar-refractivity contribution in [1.29, 1.82) is 0 Å². The maximum atomic E-state index is 11.1. The molecule has 0 atom stereocenters. The van der Waals surface area contributed by atoms with Crippen LogP contribution < -0.4 is 0 Å². The van der Waals surface area contributed by atoms with Crippen LogP contribution in [-0.2, 0) is 6.42 Å². The van der Waals surface area contributed by atoms with Gasteiger partial charge in [0.05, 0.1) is 5.56 Å². The number of hydrogen-bond acceptors (Lipinski definition) is 1. The third-order valence-electron chi connectivity index (χ3n) is 3.16. The average molecular weight is 240 g/mol. The highest BCUT2D eigenvalue weighted by Gasteiger charge is 2.12. The second kappa shape index (κ2) is 5.05. The number of hydrogen-bond donors (Lipinski definition) is 1. The van der Waals surface area contributed by atoms with Crippen LogP contribution in [0.5, 0.6) is 0 Å². The molecule has 18 heavy (non-hydrogen) atoms. The molecule has 0 saturated heterocycles. The van der Waals surface area contributed by atoms with Crippen molar-refractivity contribution in [3.63, 3.8) is 0 Å². The molecule has 2 heteroatoms. The Kier molecular flexibility index (Phi) is 3.47. The first-order valence-corrected chi connectivity index (χ1v) is 6.05. The fraction of sp³-hybridized carbons (Fsp3) is 0.188. The highest BCUT2D eigenvalue weighted by Crippen LogP contribution is 2.28. The molecule has 0 saturated carbocycles. The van der Waals surface area contributed by atoms with Crippen molar-refractivity contribution in [3.05, 3.63) is 59.2 Å². The molecular weight excluding hydrogens is 224 g/mol. The Hall–Kier alpha value is -2.09. The molecule has 0 bridgehead atoms. The normalized spacial score (nSPS) is 10.3. The molecule has 0 unspecified atom stereocenters. The van der Waals surface area contributed by atoms with Gasteiger partial charge in [-0.15, -0.1) is 0 Å². The third-order valence-corrected chi connectivity index (χ3v) is 3.16. The number of carboxylic acids is 1. The summed E-state index contributed by atoms with van der Waals surface area (Å²) < 4.78 is 0. The number of rotatable bonds is 3. The van der Waals surface area contributed by atoms with Crippen molar-refractivity contribution < 1.29 is 9.90 Å². The summed E-state index contributed by atoms with van der Waals surface area (Å²) in [5.74, 6) is -0.877. The van der Waals surface area contributed by atoms with E-state index in [0.717, 1.165) is 23.1 Å². The summed E-state index contributed by atoms with van der Waals surface area (Å²) in [7, 11) is 0. The van der Waals surface area contributed by atoms with E-state index >= 15 is 0 Å². The summed E-state index contributed by atoms with van der Waals surface area (Å²) >= 11 is 0. The van der Waals surface area contributed by atoms with Gasteiger partial charge >= 0.3 is 5.97 Å². The first-order valence-electron chi connectivity index (χ1n) is 6.05. The van der Waals surface area contributed by atoms with Crippen molar-refractivity contribution >= 4 is 5.97 Å². The van der Waals surface area contributed by atoms with Crippen LogP contribution >= 0.6 is 0 Å². The molecule has 1 N–H and O–H groups in total. The van der Waals surface area contributed by atoms with Crippen molar-refractivity contribution in [2.75, 3.05) is 0 Å². The van der Waals surface area contributed by atoms with Crippen molar-refractivity contribution in [2.45, 2.75) is 20.3 Å². The van der Waals surface area contributed by atoms with Gasteiger partial charge in [0.15, 0.2) is 0 Å². The molecule has 2 aromatic carbocycles. The molecule has 0 aromatic heterocycles. The Labute approximate surface area is 107 Å². The zero-order valence-electron chi connectivity index (χ0n) is 10.6. The van der Waals surface area contributed by atoms with E-state index in [1.54, 1.807) is 12.1 Å². The monoisotopic (exact) mass is 240 g/mol. The third kappa shape index (κ3) is 2.28. The van der Waals surface area contributed by atoms with Crippen LogP contribution in [0, 0.1) is 6.92 Å². The Balaban J connectivity index is 2.67. The molecule has 92 valence electrons. The van der Waals surface area contributed by atoms with Crippen molar-refractivity contribution in [2.24, 2.45) is 0 Å². The standard InChI is InChI=1S/C16H16O2/c1-3-14-11(2)9-13(16(17)18)10-15(14)12-7-5-4-6-8-12/h4-10H,3H2,1-2H3,(H,17,18). The van der Waals surface area contributed by atoms with Crippen LogP contribution in [-0.4, -0.2) is 11.1 Å².